The number of nitrogens with one attached hydrogen (secondary N) is 1. The molecule has 96 valence electrons. The molecule has 0 aliphatic heterocycles. The Bertz CT molecular complexity index is 520. The number of hydrogen-bond acceptors (Lipinski definition) is 3. The van der Waals surface area contributed by atoms with Gasteiger partial charge < -0.3 is 0 Å². The number of sulfonamides is 1. The number of halogens is 1. The minimum atomic E-state index is -3.43. The van der Waals surface area contributed by atoms with Crippen LogP contribution in [0.3, 0.4) is 0 Å². The van der Waals surface area contributed by atoms with Crippen molar-refractivity contribution in [1.29, 1.82) is 0 Å². The molecule has 0 bridgehead atoms. The van der Waals surface area contributed by atoms with E-state index in [1.807, 2.05) is 0 Å². The van der Waals surface area contributed by atoms with Gasteiger partial charge in [0, 0.05) is 11.9 Å². The van der Waals surface area contributed by atoms with Crippen molar-refractivity contribution in [3.63, 3.8) is 0 Å². The average Bonchev–Trinajstić information content (AvgIpc) is 2.94. The van der Waals surface area contributed by atoms with E-state index >= 15 is 0 Å². The Labute approximate surface area is 106 Å². The molecule has 0 atom stereocenters. The van der Waals surface area contributed by atoms with Crippen LogP contribution in [0.25, 0.3) is 0 Å². The van der Waals surface area contributed by atoms with Gasteiger partial charge in [-0.2, -0.15) is 5.10 Å². The average molecular weight is 278 g/mol. The van der Waals surface area contributed by atoms with Crippen molar-refractivity contribution in [3.8, 4) is 0 Å². The molecule has 1 saturated carbocycles. The summed E-state index contributed by atoms with van der Waals surface area (Å²) >= 11 is 5.65. The summed E-state index contributed by atoms with van der Waals surface area (Å²) in [6.07, 6.45) is 1.85. The van der Waals surface area contributed by atoms with E-state index in [1.165, 1.54) is 0 Å². The molecule has 0 amide bonds. The fourth-order valence-electron chi connectivity index (χ4n) is 1.85. The minimum absolute atomic E-state index is 0.107. The van der Waals surface area contributed by atoms with Crippen LogP contribution in [0.15, 0.2) is 4.90 Å². The number of rotatable bonds is 5. The SMILES string of the molecule is Cc1nn(CCCl)c(C)c1S(=O)(=O)NC1CC1. The molecule has 1 aliphatic carbocycles. The lowest BCUT2D eigenvalue weighted by atomic mass is 10.4. The van der Waals surface area contributed by atoms with Gasteiger partial charge in [-0.1, -0.05) is 0 Å². The topological polar surface area (TPSA) is 64.0 Å². The summed E-state index contributed by atoms with van der Waals surface area (Å²) in [6, 6.07) is 0.107. The number of alkyl halides is 1. The molecule has 0 spiro atoms. The highest BCUT2D eigenvalue weighted by Crippen LogP contribution is 2.25. The number of hydrogen-bond donors (Lipinski definition) is 1. The largest absolute Gasteiger partial charge is 0.267 e. The van der Waals surface area contributed by atoms with Crippen molar-refractivity contribution in [2.24, 2.45) is 0 Å². The molecule has 0 radical (unpaired) electrons. The fourth-order valence-corrected chi connectivity index (χ4v) is 3.72. The lowest BCUT2D eigenvalue weighted by molar-refractivity contribution is 0.578. The molecular formula is C10H16ClN3O2S. The summed E-state index contributed by atoms with van der Waals surface area (Å²) in [4.78, 5) is 0.300. The molecule has 2 rings (SSSR count). The maximum absolute atomic E-state index is 12.1. The van der Waals surface area contributed by atoms with Crippen LogP contribution in [0.5, 0.6) is 0 Å². The van der Waals surface area contributed by atoms with Gasteiger partial charge >= 0.3 is 0 Å². The van der Waals surface area contributed by atoms with E-state index in [4.69, 9.17) is 11.6 Å². The van der Waals surface area contributed by atoms with Crippen LogP contribution in [0, 0.1) is 13.8 Å². The maximum atomic E-state index is 12.1. The predicted molar refractivity (Wildman–Crippen MR) is 65.8 cm³/mol. The van der Waals surface area contributed by atoms with Crippen LogP contribution < -0.4 is 4.72 Å². The summed E-state index contributed by atoms with van der Waals surface area (Å²) < 4.78 is 28.6. The zero-order valence-electron chi connectivity index (χ0n) is 9.90. The molecule has 1 aliphatic rings. The molecule has 5 nitrogen and oxygen atoms in total. The Morgan fingerprint density at radius 1 is 1.47 bits per heavy atom. The van der Waals surface area contributed by atoms with Crippen molar-refractivity contribution in [2.45, 2.75) is 44.2 Å². The first-order valence-electron chi connectivity index (χ1n) is 5.58. The highest BCUT2D eigenvalue weighted by atomic mass is 35.5. The lowest BCUT2D eigenvalue weighted by Gasteiger charge is -2.06. The van der Waals surface area contributed by atoms with Gasteiger partial charge in [-0.05, 0) is 26.7 Å². The van der Waals surface area contributed by atoms with Crippen LogP contribution in [-0.4, -0.2) is 30.1 Å². The predicted octanol–water partition coefficient (Wildman–Crippen LogP) is 1.18. The van der Waals surface area contributed by atoms with Gasteiger partial charge in [-0.3, -0.25) is 4.68 Å². The first-order valence-corrected chi connectivity index (χ1v) is 7.60. The van der Waals surface area contributed by atoms with Crippen LogP contribution in [0.1, 0.15) is 24.2 Å². The molecule has 0 saturated heterocycles. The van der Waals surface area contributed by atoms with E-state index in [2.05, 4.69) is 9.82 Å². The van der Waals surface area contributed by atoms with Crippen LogP contribution >= 0.6 is 11.6 Å². The summed E-state index contributed by atoms with van der Waals surface area (Å²) in [5.41, 5.74) is 1.18. The summed E-state index contributed by atoms with van der Waals surface area (Å²) in [5.74, 6) is 0.414. The number of aromatic nitrogens is 2. The number of nitrogens with zero attached hydrogens (tertiary/aromatic N) is 2. The molecule has 1 aromatic heterocycles. The van der Waals surface area contributed by atoms with Crippen LogP contribution in [0.2, 0.25) is 0 Å². The molecule has 1 N–H and O–H groups in total. The monoisotopic (exact) mass is 277 g/mol. The zero-order valence-corrected chi connectivity index (χ0v) is 11.5. The van der Waals surface area contributed by atoms with E-state index < -0.39 is 10.0 Å². The quantitative estimate of drug-likeness (QED) is 0.822. The second-order valence-electron chi connectivity index (χ2n) is 4.31. The molecule has 7 heteroatoms. The van der Waals surface area contributed by atoms with E-state index in [1.54, 1.807) is 18.5 Å². The normalized spacial score (nSPS) is 16.4. The minimum Gasteiger partial charge on any atom is -0.267 e. The third kappa shape index (κ3) is 2.64. The molecule has 0 aromatic carbocycles. The standard InChI is InChI=1S/C10H16ClN3O2S/c1-7-10(8(2)14(12-7)6-5-11)17(15,16)13-9-3-4-9/h9,13H,3-6H2,1-2H3. The van der Waals surface area contributed by atoms with Gasteiger partial charge in [-0.25, -0.2) is 13.1 Å². The Morgan fingerprint density at radius 3 is 2.65 bits per heavy atom. The first-order chi connectivity index (χ1) is 7.95. The van der Waals surface area contributed by atoms with Crippen molar-refractivity contribution in [3.05, 3.63) is 11.4 Å². The van der Waals surface area contributed by atoms with Crippen molar-refractivity contribution < 1.29 is 8.42 Å². The second-order valence-corrected chi connectivity index (χ2v) is 6.34. The van der Waals surface area contributed by atoms with E-state index in [0.29, 0.717) is 28.7 Å². The van der Waals surface area contributed by atoms with Crippen molar-refractivity contribution in [2.75, 3.05) is 5.88 Å². The Hall–Kier alpha value is -0.590. The van der Waals surface area contributed by atoms with Crippen LogP contribution in [0.4, 0.5) is 0 Å². The molecule has 0 unspecified atom stereocenters. The Balaban J connectivity index is 2.36. The van der Waals surface area contributed by atoms with E-state index in [9.17, 15) is 8.42 Å². The van der Waals surface area contributed by atoms with Crippen molar-refractivity contribution >= 4 is 21.6 Å². The van der Waals surface area contributed by atoms with Gasteiger partial charge in [0.2, 0.25) is 10.0 Å². The number of aryl methyl sites for hydroxylation is 2. The molecular weight excluding hydrogens is 262 g/mol. The summed E-state index contributed by atoms with van der Waals surface area (Å²) in [5, 5.41) is 4.21. The molecule has 1 aromatic rings. The maximum Gasteiger partial charge on any atom is 0.244 e. The lowest BCUT2D eigenvalue weighted by Crippen LogP contribution is -2.26. The zero-order chi connectivity index (χ0) is 12.6. The van der Waals surface area contributed by atoms with Gasteiger partial charge in [0.05, 0.1) is 17.9 Å². The summed E-state index contributed by atoms with van der Waals surface area (Å²) in [6.45, 7) is 3.99. The molecule has 17 heavy (non-hydrogen) atoms. The first kappa shape index (κ1) is 12.9. The van der Waals surface area contributed by atoms with E-state index in [-0.39, 0.29) is 6.04 Å². The van der Waals surface area contributed by atoms with Crippen molar-refractivity contribution in [1.82, 2.24) is 14.5 Å². The smallest absolute Gasteiger partial charge is 0.244 e. The second kappa shape index (κ2) is 4.59. The van der Waals surface area contributed by atoms with E-state index in [0.717, 1.165) is 12.8 Å². The van der Waals surface area contributed by atoms with Gasteiger partial charge in [0.1, 0.15) is 4.90 Å². The third-order valence-corrected chi connectivity index (χ3v) is 4.72. The molecule has 1 heterocycles. The Kier molecular flexibility index (Phi) is 3.47. The van der Waals surface area contributed by atoms with Gasteiger partial charge in [-0.15, -0.1) is 11.6 Å². The molecule has 1 fully saturated rings. The van der Waals surface area contributed by atoms with Crippen LogP contribution in [-0.2, 0) is 16.6 Å². The Morgan fingerprint density at radius 2 is 2.12 bits per heavy atom. The third-order valence-electron chi connectivity index (χ3n) is 2.78. The highest BCUT2D eigenvalue weighted by molar-refractivity contribution is 7.89. The van der Waals surface area contributed by atoms with Gasteiger partial charge in [0.15, 0.2) is 0 Å². The highest BCUT2D eigenvalue weighted by Gasteiger charge is 2.31. The fraction of sp³-hybridized carbons (Fsp3) is 0.700. The van der Waals surface area contributed by atoms with Gasteiger partial charge in [0.25, 0.3) is 0 Å². The summed E-state index contributed by atoms with van der Waals surface area (Å²) in [7, 11) is -3.43.